The topological polar surface area (TPSA) is 3.24 Å². The van der Waals surface area contributed by atoms with Gasteiger partial charge in [0.25, 0.3) is 0 Å². The minimum absolute atomic E-state index is 0. The molecule has 1 aromatic carbocycles. The highest BCUT2D eigenvalue weighted by atomic mass is 127. The summed E-state index contributed by atoms with van der Waals surface area (Å²) in [4.78, 5) is 2.27. The van der Waals surface area contributed by atoms with Gasteiger partial charge in [-0.2, -0.15) is 0 Å². The van der Waals surface area contributed by atoms with E-state index in [0.717, 1.165) is 19.6 Å². The molecule has 0 aromatic heterocycles. The van der Waals surface area contributed by atoms with Crippen LogP contribution in [0, 0.1) is 3.57 Å². The second kappa shape index (κ2) is 9.77. The molecule has 1 aromatic rings. The maximum atomic E-state index is 5.74. The van der Waals surface area contributed by atoms with Crippen LogP contribution in [-0.2, 0) is 6.54 Å². The van der Waals surface area contributed by atoms with Gasteiger partial charge in [-0.25, -0.2) is 0 Å². The second-order valence-electron chi connectivity index (χ2n) is 3.28. The van der Waals surface area contributed by atoms with Crippen LogP contribution in [0.5, 0.6) is 0 Å². The van der Waals surface area contributed by atoms with E-state index in [1.54, 1.807) is 0 Å². The predicted molar refractivity (Wildman–Crippen MR) is 75.9 cm³/mol. The summed E-state index contributed by atoms with van der Waals surface area (Å²) in [7, 11) is 0. The lowest BCUT2D eigenvalue weighted by atomic mass is 10.2. The lowest BCUT2D eigenvalue weighted by molar-refractivity contribution is -0.00000282. The molecule has 0 atom stereocenters. The first-order valence-corrected chi connectivity index (χ1v) is 6.99. The molecule has 1 rings (SSSR count). The molecule has 0 amide bonds. The molecule has 92 valence electrons. The Labute approximate surface area is 127 Å². The highest BCUT2D eigenvalue weighted by Crippen LogP contribution is 2.09. The van der Waals surface area contributed by atoms with Crippen molar-refractivity contribution in [2.24, 2.45) is 0 Å². The van der Waals surface area contributed by atoms with Crippen LogP contribution in [0.1, 0.15) is 5.56 Å². The van der Waals surface area contributed by atoms with Crippen LogP contribution >= 0.6 is 45.8 Å². The van der Waals surface area contributed by atoms with E-state index in [-0.39, 0.29) is 12.4 Å². The van der Waals surface area contributed by atoms with Crippen LogP contribution in [0.3, 0.4) is 0 Å². The molecule has 0 saturated carbocycles. The molecule has 0 spiro atoms. The standard InChI is InChI=1S/C11H14Cl2IN.ClH/c12-5-7-15(8-6-13)9-10-1-3-11(14)4-2-10;/h1-4H,5-9H2;1H/p-1. The van der Waals surface area contributed by atoms with Crippen molar-refractivity contribution in [3.05, 3.63) is 33.4 Å². The van der Waals surface area contributed by atoms with Crippen LogP contribution in [0.15, 0.2) is 24.3 Å². The van der Waals surface area contributed by atoms with Gasteiger partial charge in [0.1, 0.15) is 0 Å². The predicted octanol–water partition coefficient (Wildman–Crippen LogP) is 0.575. The number of rotatable bonds is 6. The molecule has 0 heterocycles. The lowest BCUT2D eigenvalue weighted by Gasteiger charge is -2.19. The molecule has 0 aliphatic heterocycles. The average molecular weight is 394 g/mol. The highest BCUT2D eigenvalue weighted by Gasteiger charge is 2.04. The first-order valence-electron chi connectivity index (χ1n) is 4.85. The van der Waals surface area contributed by atoms with E-state index >= 15 is 0 Å². The first kappa shape index (κ1) is 16.8. The Hall–Kier alpha value is 0.780. The van der Waals surface area contributed by atoms with Gasteiger partial charge < -0.3 is 12.4 Å². The van der Waals surface area contributed by atoms with Gasteiger partial charge in [-0.05, 0) is 40.3 Å². The minimum Gasteiger partial charge on any atom is -1.00 e. The van der Waals surface area contributed by atoms with E-state index in [4.69, 9.17) is 23.2 Å². The fourth-order valence-electron chi connectivity index (χ4n) is 1.36. The van der Waals surface area contributed by atoms with Crippen LogP contribution in [0.25, 0.3) is 0 Å². The maximum absolute atomic E-state index is 5.74. The Kier molecular flexibility index (Phi) is 10.3. The smallest absolute Gasteiger partial charge is 0.0351 e. The Morgan fingerprint density at radius 3 is 1.94 bits per heavy atom. The molecule has 0 saturated heterocycles. The summed E-state index contributed by atoms with van der Waals surface area (Å²) in [6.45, 7) is 2.71. The Bertz CT molecular complexity index is 273. The molecule has 0 radical (unpaired) electrons. The molecule has 0 unspecified atom stereocenters. The summed E-state index contributed by atoms with van der Waals surface area (Å²) in [6.07, 6.45) is 0. The molecular formula is C11H14Cl3IN-. The fourth-order valence-corrected chi connectivity index (χ4v) is 2.19. The van der Waals surface area contributed by atoms with Gasteiger partial charge >= 0.3 is 0 Å². The third-order valence-electron chi connectivity index (χ3n) is 2.12. The molecule has 5 heteroatoms. The zero-order chi connectivity index (χ0) is 11.1. The normalized spacial score (nSPS) is 10.2. The highest BCUT2D eigenvalue weighted by molar-refractivity contribution is 14.1. The number of hydrogen-bond donors (Lipinski definition) is 0. The van der Waals surface area contributed by atoms with Crippen LogP contribution in [0.4, 0.5) is 0 Å². The summed E-state index contributed by atoms with van der Waals surface area (Å²) in [5.41, 5.74) is 1.31. The van der Waals surface area contributed by atoms with Crippen molar-refractivity contribution in [3.8, 4) is 0 Å². The Morgan fingerprint density at radius 1 is 1.00 bits per heavy atom. The third kappa shape index (κ3) is 6.50. The van der Waals surface area contributed by atoms with E-state index in [9.17, 15) is 0 Å². The van der Waals surface area contributed by atoms with Crippen molar-refractivity contribution in [3.63, 3.8) is 0 Å². The van der Waals surface area contributed by atoms with Crippen molar-refractivity contribution >= 4 is 45.8 Å². The molecule has 16 heavy (non-hydrogen) atoms. The van der Waals surface area contributed by atoms with E-state index < -0.39 is 0 Å². The Morgan fingerprint density at radius 2 is 1.50 bits per heavy atom. The van der Waals surface area contributed by atoms with Gasteiger partial charge in [0.2, 0.25) is 0 Å². The minimum atomic E-state index is 0. The summed E-state index contributed by atoms with van der Waals surface area (Å²) < 4.78 is 1.26. The Balaban J connectivity index is 0.00000225. The number of halogens is 4. The largest absolute Gasteiger partial charge is 1.00 e. The van der Waals surface area contributed by atoms with Crippen molar-refractivity contribution < 1.29 is 12.4 Å². The van der Waals surface area contributed by atoms with Crippen molar-refractivity contribution in [2.45, 2.75) is 6.54 Å². The van der Waals surface area contributed by atoms with Gasteiger partial charge in [0.05, 0.1) is 0 Å². The van der Waals surface area contributed by atoms with Gasteiger partial charge in [-0.3, -0.25) is 4.90 Å². The van der Waals surface area contributed by atoms with E-state index in [1.807, 2.05) is 0 Å². The third-order valence-corrected chi connectivity index (χ3v) is 3.18. The number of benzene rings is 1. The van der Waals surface area contributed by atoms with Crippen molar-refractivity contribution in [1.29, 1.82) is 0 Å². The van der Waals surface area contributed by atoms with Crippen LogP contribution in [0.2, 0.25) is 0 Å². The number of alkyl halides is 2. The van der Waals surface area contributed by atoms with E-state index in [2.05, 4.69) is 51.8 Å². The molecule has 0 N–H and O–H groups in total. The summed E-state index contributed by atoms with van der Waals surface area (Å²) in [5.74, 6) is 1.31. The summed E-state index contributed by atoms with van der Waals surface area (Å²) >= 11 is 13.8. The first-order chi connectivity index (χ1) is 7.26. The van der Waals surface area contributed by atoms with E-state index in [1.165, 1.54) is 9.13 Å². The van der Waals surface area contributed by atoms with Gasteiger partial charge in [0, 0.05) is 35.0 Å². The van der Waals surface area contributed by atoms with Crippen LogP contribution in [-0.4, -0.2) is 29.7 Å². The van der Waals surface area contributed by atoms with E-state index in [0.29, 0.717) is 11.8 Å². The lowest BCUT2D eigenvalue weighted by Crippen LogP contribution is -3.00. The second-order valence-corrected chi connectivity index (χ2v) is 5.28. The van der Waals surface area contributed by atoms with Gasteiger partial charge in [-0.1, -0.05) is 12.1 Å². The van der Waals surface area contributed by atoms with Gasteiger partial charge in [0.15, 0.2) is 0 Å². The summed E-state index contributed by atoms with van der Waals surface area (Å²) in [6, 6.07) is 8.54. The van der Waals surface area contributed by atoms with Crippen LogP contribution < -0.4 is 12.4 Å². The molecule has 0 aliphatic carbocycles. The average Bonchev–Trinajstić information content (AvgIpc) is 2.22. The molecule has 0 bridgehead atoms. The molecular weight excluding hydrogens is 379 g/mol. The SMILES string of the molecule is ClCCN(CCCl)Cc1ccc(I)cc1.[Cl-]. The molecule has 0 fully saturated rings. The summed E-state index contributed by atoms with van der Waals surface area (Å²) in [5, 5.41) is 0. The van der Waals surface area contributed by atoms with Crippen molar-refractivity contribution in [1.82, 2.24) is 4.90 Å². The van der Waals surface area contributed by atoms with Gasteiger partial charge in [-0.15, -0.1) is 23.2 Å². The number of hydrogen-bond acceptors (Lipinski definition) is 1. The number of nitrogens with zero attached hydrogens (tertiary/aromatic N) is 1. The quantitative estimate of drug-likeness (QED) is 0.505. The fraction of sp³-hybridized carbons (Fsp3) is 0.455. The molecule has 1 nitrogen and oxygen atoms in total. The maximum Gasteiger partial charge on any atom is 0.0351 e. The van der Waals surface area contributed by atoms with Crippen molar-refractivity contribution in [2.75, 3.05) is 24.8 Å². The zero-order valence-electron chi connectivity index (χ0n) is 8.80. The molecule has 0 aliphatic rings. The monoisotopic (exact) mass is 392 g/mol. The zero-order valence-corrected chi connectivity index (χ0v) is 13.2.